The van der Waals surface area contributed by atoms with Crippen molar-refractivity contribution in [3.8, 4) is 0 Å². The van der Waals surface area contributed by atoms with Gasteiger partial charge in [-0.05, 0) is 31.6 Å². The molecule has 2 aliphatic carbocycles. The summed E-state index contributed by atoms with van der Waals surface area (Å²) >= 11 is 0. The summed E-state index contributed by atoms with van der Waals surface area (Å²) in [4.78, 5) is 0. The lowest BCUT2D eigenvalue weighted by atomic mass is 9.76. The fraction of sp³-hybridized carbons (Fsp3) is 1.00. The van der Waals surface area contributed by atoms with Gasteiger partial charge in [-0.1, -0.05) is 0 Å². The predicted molar refractivity (Wildman–Crippen MR) is 52.8 cm³/mol. The van der Waals surface area contributed by atoms with Gasteiger partial charge >= 0.3 is 0 Å². The minimum Gasteiger partial charge on any atom is -0.396 e. The van der Waals surface area contributed by atoms with Crippen molar-refractivity contribution in [1.82, 2.24) is 0 Å². The van der Waals surface area contributed by atoms with Crippen LogP contribution in [0.15, 0.2) is 0 Å². The molecule has 2 saturated carbocycles. The summed E-state index contributed by atoms with van der Waals surface area (Å²) in [5.41, 5.74) is -0.495. The third-order valence-corrected chi connectivity index (χ3v) is 5.93. The van der Waals surface area contributed by atoms with Crippen LogP contribution in [0.1, 0.15) is 25.7 Å². The Bertz CT molecular complexity index is 365. The first kappa shape index (κ1) is 11.3. The lowest BCUT2D eigenvalue weighted by Crippen LogP contribution is -2.36. The minimum absolute atomic E-state index is 0.116. The standard InChI is InChI=1S/C9H16O5S/c10-4-7-3-9(15(12,13)14)2-1-8(7,5-9)6-11/h7,10-11H,1-6H2,(H,12,13,14). The highest BCUT2D eigenvalue weighted by Gasteiger charge is 2.64. The van der Waals surface area contributed by atoms with Crippen molar-refractivity contribution >= 4 is 10.1 Å². The summed E-state index contributed by atoms with van der Waals surface area (Å²) in [7, 11) is -4.09. The van der Waals surface area contributed by atoms with E-state index in [9.17, 15) is 23.2 Å². The first-order valence-corrected chi connectivity index (χ1v) is 6.52. The Morgan fingerprint density at radius 3 is 2.33 bits per heavy atom. The molecular formula is C9H16O5S. The summed E-state index contributed by atoms with van der Waals surface area (Å²) < 4.78 is 30.8. The molecule has 0 aromatic carbocycles. The van der Waals surface area contributed by atoms with Crippen molar-refractivity contribution in [3.63, 3.8) is 0 Å². The molecule has 2 fully saturated rings. The van der Waals surface area contributed by atoms with Gasteiger partial charge in [0.25, 0.3) is 10.1 Å². The summed E-state index contributed by atoms with van der Waals surface area (Å²) in [6.07, 6.45) is 1.50. The maximum Gasteiger partial charge on any atom is 0.270 e. The highest BCUT2D eigenvalue weighted by molar-refractivity contribution is 7.87. The maximum absolute atomic E-state index is 11.3. The summed E-state index contributed by atoms with van der Waals surface area (Å²) in [5, 5.41) is 18.5. The van der Waals surface area contributed by atoms with E-state index in [4.69, 9.17) is 0 Å². The number of hydrogen-bond donors (Lipinski definition) is 3. The van der Waals surface area contributed by atoms with Gasteiger partial charge in [0.05, 0.1) is 4.75 Å². The molecule has 3 N–H and O–H groups in total. The topological polar surface area (TPSA) is 94.8 Å². The maximum atomic E-state index is 11.3. The van der Waals surface area contributed by atoms with Gasteiger partial charge in [-0.2, -0.15) is 8.42 Å². The average molecular weight is 236 g/mol. The van der Waals surface area contributed by atoms with Crippen LogP contribution in [0.2, 0.25) is 0 Å². The van der Waals surface area contributed by atoms with E-state index in [1.807, 2.05) is 0 Å². The van der Waals surface area contributed by atoms with Crippen LogP contribution in [0.5, 0.6) is 0 Å². The Morgan fingerprint density at radius 2 is 1.93 bits per heavy atom. The van der Waals surface area contributed by atoms with E-state index in [-0.39, 0.29) is 32.0 Å². The van der Waals surface area contributed by atoms with Gasteiger partial charge in [0.15, 0.2) is 0 Å². The van der Waals surface area contributed by atoms with Crippen LogP contribution in [0.25, 0.3) is 0 Å². The lowest BCUT2D eigenvalue weighted by Gasteiger charge is -2.32. The predicted octanol–water partition coefficient (Wildman–Crippen LogP) is -0.212. The van der Waals surface area contributed by atoms with Gasteiger partial charge in [-0.15, -0.1) is 0 Å². The van der Waals surface area contributed by atoms with Crippen LogP contribution >= 0.6 is 0 Å². The SMILES string of the molecule is O=S(=O)(O)C12CCC(CO)(C1)C(CO)C2. The Hall–Kier alpha value is -0.170. The zero-order valence-electron chi connectivity index (χ0n) is 8.39. The molecule has 2 bridgehead atoms. The van der Waals surface area contributed by atoms with Crippen molar-refractivity contribution in [2.24, 2.45) is 11.3 Å². The minimum atomic E-state index is -4.09. The van der Waals surface area contributed by atoms with Gasteiger partial charge in [0.2, 0.25) is 0 Å². The first-order valence-electron chi connectivity index (χ1n) is 5.08. The van der Waals surface area contributed by atoms with Gasteiger partial charge in [-0.25, -0.2) is 0 Å². The number of fused-ring (bicyclic) bond motifs is 2. The van der Waals surface area contributed by atoms with E-state index in [1.165, 1.54) is 0 Å². The second-order valence-electron chi connectivity index (χ2n) is 4.94. The molecule has 6 heteroatoms. The third-order valence-electron chi connectivity index (χ3n) is 4.32. The number of aliphatic hydroxyl groups is 2. The molecule has 0 radical (unpaired) electrons. The Balaban J connectivity index is 2.38. The van der Waals surface area contributed by atoms with E-state index in [2.05, 4.69) is 0 Å². The van der Waals surface area contributed by atoms with E-state index >= 15 is 0 Å². The number of aliphatic hydroxyl groups excluding tert-OH is 2. The third kappa shape index (κ3) is 1.35. The molecular weight excluding hydrogens is 220 g/mol. The zero-order chi connectivity index (χ0) is 11.3. The van der Waals surface area contributed by atoms with Crippen LogP contribution in [-0.4, -0.2) is 41.1 Å². The van der Waals surface area contributed by atoms with Gasteiger partial charge in [-0.3, -0.25) is 4.55 Å². The molecule has 0 aromatic rings. The number of rotatable bonds is 3. The normalized spacial score (nSPS) is 44.9. The Kier molecular flexibility index (Phi) is 2.39. The molecule has 88 valence electrons. The molecule has 0 aliphatic heterocycles. The summed E-state index contributed by atoms with van der Waals surface area (Å²) in [6, 6.07) is 0. The lowest BCUT2D eigenvalue weighted by molar-refractivity contribution is 0.0455. The molecule has 0 spiro atoms. The second kappa shape index (κ2) is 3.16. The molecule has 0 aromatic heterocycles. The molecule has 3 unspecified atom stereocenters. The van der Waals surface area contributed by atoms with Gasteiger partial charge in [0.1, 0.15) is 0 Å². The van der Waals surface area contributed by atoms with Crippen LogP contribution in [0.4, 0.5) is 0 Å². The van der Waals surface area contributed by atoms with E-state index in [1.54, 1.807) is 0 Å². The van der Waals surface area contributed by atoms with Crippen molar-refractivity contribution in [1.29, 1.82) is 0 Å². The number of hydrogen-bond acceptors (Lipinski definition) is 4. The highest BCUT2D eigenvalue weighted by Crippen LogP contribution is 2.62. The first-order chi connectivity index (χ1) is 6.89. The molecule has 0 amide bonds. The Labute approximate surface area is 88.9 Å². The van der Waals surface area contributed by atoms with Crippen molar-refractivity contribution in [2.45, 2.75) is 30.4 Å². The molecule has 2 rings (SSSR count). The van der Waals surface area contributed by atoms with E-state index < -0.39 is 20.3 Å². The largest absolute Gasteiger partial charge is 0.396 e. The van der Waals surface area contributed by atoms with Crippen molar-refractivity contribution < 1.29 is 23.2 Å². The monoisotopic (exact) mass is 236 g/mol. The molecule has 0 heterocycles. The smallest absolute Gasteiger partial charge is 0.270 e. The van der Waals surface area contributed by atoms with Gasteiger partial charge < -0.3 is 10.2 Å². The highest BCUT2D eigenvalue weighted by atomic mass is 32.2. The van der Waals surface area contributed by atoms with Crippen molar-refractivity contribution in [2.75, 3.05) is 13.2 Å². The molecule has 5 nitrogen and oxygen atoms in total. The molecule has 2 aliphatic rings. The molecule has 0 saturated heterocycles. The van der Waals surface area contributed by atoms with Crippen LogP contribution in [0, 0.1) is 11.3 Å². The van der Waals surface area contributed by atoms with E-state index in [0.29, 0.717) is 12.8 Å². The van der Waals surface area contributed by atoms with Crippen LogP contribution in [0.3, 0.4) is 0 Å². The average Bonchev–Trinajstić information content (AvgIpc) is 2.71. The van der Waals surface area contributed by atoms with Crippen molar-refractivity contribution in [3.05, 3.63) is 0 Å². The molecule has 15 heavy (non-hydrogen) atoms. The summed E-state index contributed by atoms with van der Waals surface area (Å²) in [6.45, 7) is -0.243. The van der Waals surface area contributed by atoms with E-state index in [0.717, 1.165) is 0 Å². The summed E-state index contributed by atoms with van der Waals surface area (Å²) in [5.74, 6) is -0.210. The second-order valence-corrected chi connectivity index (χ2v) is 6.76. The molecule has 3 atom stereocenters. The Morgan fingerprint density at radius 1 is 1.27 bits per heavy atom. The van der Waals surface area contributed by atoms with Crippen LogP contribution in [-0.2, 0) is 10.1 Å². The van der Waals surface area contributed by atoms with Crippen LogP contribution < -0.4 is 0 Å². The fourth-order valence-corrected chi connectivity index (χ4v) is 4.57. The zero-order valence-corrected chi connectivity index (χ0v) is 9.20. The quantitative estimate of drug-likeness (QED) is 0.589. The van der Waals surface area contributed by atoms with Gasteiger partial charge in [0, 0.05) is 18.6 Å². The fourth-order valence-electron chi connectivity index (χ4n) is 3.33.